The molecule has 0 amide bonds. The van der Waals surface area contributed by atoms with Gasteiger partial charge in [0, 0.05) is 37.6 Å². The zero-order valence-electron chi connectivity index (χ0n) is 13.8. The molecule has 1 aromatic heterocycles. The van der Waals surface area contributed by atoms with Crippen LogP contribution in [0.15, 0.2) is 41.7 Å². The largest absolute Gasteiger partial charge is 0.494 e. The Morgan fingerprint density at radius 2 is 2.17 bits per heavy atom. The van der Waals surface area contributed by atoms with E-state index in [2.05, 4.69) is 9.97 Å². The number of benzene rings is 1. The molecule has 0 saturated carbocycles. The molecule has 0 radical (unpaired) electrons. The fourth-order valence-corrected chi connectivity index (χ4v) is 4.54. The van der Waals surface area contributed by atoms with E-state index in [1.165, 1.54) is 4.31 Å². The maximum absolute atomic E-state index is 12.9. The van der Waals surface area contributed by atoms with Crippen molar-refractivity contribution in [1.29, 1.82) is 0 Å². The number of sulfonamides is 1. The van der Waals surface area contributed by atoms with Crippen molar-refractivity contribution in [3.05, 3.63) is 48.0 Å². The molecule has 6 nitrogen and oxygen atoms in total. The molecule has 128 valence electrons. The van der Waals surface area contributed by atoms with E-state index < -0.39 is 10.0 Å². The molecule has 0 spiro atoms. The Morgan fingerprint density at radius 3 is 2.83 bits per heavy atom. The molecule has 3 rings (SSSR count). The zero-order chi connectivity index (χ0) is 17.2. The Morgan fingerprint density at radius 1 is 1.33 bits per heavy atom. The smallest absolute Gasteiger partial charge is 0.243 e. The Hall–Kier alpha value is -1.99. The Bertz CT molecular complexity index is 809. The number of nitrogens with zero attached hydrogens (tertiary/aromatic N) is 3. The van der Waals surface area contributed by atoms with E-state index in [1.54, 1.807) is 36.8 Å². The lowest BCUT2D eigenvalue weighted by Crippen LogP contribution is -2.28. The topological polar surface area (TPSA) is 72.4 Å². The van der Waals surface area contributed by atoms with Crippen LogP contribution in [0.5, 0.6) is 5.75 Å². The molecule has 1 aromatic carbocycles. The average molecular weight is 347 g/mol. The van der Waals surface area contributed by atoms with Crippen molar-refractivity contribution in [2.75, 3.05) is 19.7 Å². The van der Waals surface area contributed by atoms with Crippen LogP contribution >= 0.6 is 0 Å². The van der Waals surface area contributed by atoms with E-state index in [9.17, 15) is 8.42 Å². The van der Waals surface area contributed by atoms with Crippen molar-refractivity contribution in [3.63, 3.8) is 0 Å². The van der Waals surface area contributed by atoms with Gasteiger partial charge in [-0.05, 0) is 44.0 Å². The fourth-order valence-electron chi connectivity index (χ4n) is 2.96. The van der Waals surface area contributed by atoms with Crippen molar-refractivity contribution in [2.45, 2.75) is 31.1 Å². The molecule has 1 fully saturated rings. The molecule has 0 aliphatic carbocycles. The Labute approximate surface area is 142 Å². The van der Waals surface area contributed by atoms with Crippen molar-refractivity contribution < 1.29 is 13.2 Å². The van der Waals surface area contributed by atoms with Crippen molar-refractivity contribution in [3.8, 4) is 5.75 Å². The molecular formula is C17H21N3O3S. The standard InChI is InChI=1S/C17H21N3O3S/c1-3-23-17-5-4-15(10-13(17)2)24(21,22)20-9-6-14(12-20)16-11-18-7-8-19-16/h4-5,7-8,10-11,14H,3,6,9,12H2,1-2H3. The molecule has 1 saturated heterocycles. The van der Waals surface area contributed by atoms with Crippen LogP contribution in [0.2, 0.25) is 0 Å². The predicted octanol–water partition coefficient (Wildman–Crippen LogP) is 2.36. The summed E-state index contributed by atoms with van der Waals surface area (Å²) in [4.78, 5) is 8.67. The highest BCUT2D eigenvalue weighted by molar-refractivity contribution is 7.89. The van der Waals surface area contributed by atoms with Crippen LogP contribution in [0.25, 0.3) is 0 Å². The van der Waals surface area contributed by atoms with Gasteiger partial charge in [0.25, 0.3) is 0 Å². The minimum absolute atomic E-state index is 0.0947. The lowest BCUT2D eigenvalue weighted by molar-refractivity contribution is 0.337. The van der Waals surface area contributed by atoms with Gasteiger partial charge in [0.15, 0.2) is 0 Å². The van der Waals surface area contributed by atoms with Crippen LogP contribution in [-0.4, -0.2) is 42.4 Å². The highest BCUT2D eigenvalue weighted by Gasteiger charge is 2.34. The molecule has 1 unspecified atom stereocenters. The third-order valence-corrected chi connectivity index (χ3v) is 6.10. The summed E-state index contributed by atoms with van der Waals surface area (Å²) in [5.41, 5.74) is 1.67. The van der Waals surface area contributed by atoms with E-state index in [-0.39, 0.29) is 5.92 Å². The quantitative estimate of drug-likeness (QED) is 0.830. The normalized spacial score (nSPS) is 18.7. The van der Waals surface area contributed by atoms with E-state index in [1.807, 2.05) is 13.8 Å². The van der Waals surface area contributed by atoms with Gasteiger partial charge in [0.2, 0.25) is 10.0 Å². The van der Waals surface area contributed by atoms with Crippen LogP contribution in [0.3, 0.4) is 0 Å². The maximum Gasteiger partial charge on any atom is 0.243 e. The van der Waals surface area contributed by atoms with Crippen molar-refractivity contribution >= 4 is 10.0 Å². The second-order valence-electron chi connectivity index (χ2n) is 5.84. The second-order valence-corrected chi connectivity index (χ2v) is 7.78. The Balaban J connectivity index is 1.80. The average Bonchev–Trinajstić information content (AvgIpc) is 3.08. The van der Waals surface area contributed by atoms with E-state index in [4.69, 9.17) is 4.74 Å². The van der Waals surface area contributed by atoms with Crippen LogP contribution in [0, 0.1) is 6.92 Å². The van der Waals surface area contributed by atoms with Gasteiger partial charge in [0.1, 0.15) is 5.75 Å². The number of hydrogen-bond acceptors (Lipinski definition) is 5. The summed E-state index contributed by atoms with van der Waals surface area (Å²) in [6, 6.07) is 5.01. The summed E-state index contributed by atoms with van der Waals surface area (Å²) in [5.74, 6) is 0.813. The Kier molecular flexibility index (Phi) is 4.82. The molecular weight excluding hydrogens is 326 g/mol. The van der Waals surface area contributed by atoms with E-state index >= 15 is 0 Å². The number of aromatic nitrogens is 2. The SMILES string of the molecule is CCOc1ccc(S(=O)(=O)N2CCC(c3cnccn3)C2)cc1C. The molecule has 0 N–H and O–H groups in total. The number of hydrogen-bond donors (Lipinski definition) is 0. The summed E-state index contributed by atoms with van der Waals surface area (Å²) in [7, 11) is -3.50. The van der Waals surface area contributed by atoms with Gasteiger partial charge in [-0.1, -0.05) is 0 Å². The molecule has 0 bridgehead atoms. The summed E-state index contributed by atoms with van der Waals surface area (Å²) in [6.45, 7) is 5.25. The van der Waals surface area contributed by atoms with Crippen molar-refractivity contribution in [2.24, 2.45) is 0 Å². The molecule has 1 aliphatic heterocycles. The van der Waals surface area contributed by atoms with Crippen LogP contribution in [0.4, 0.5) is 0 Å². The molecule has 2 heterocycles. The minimum atomic E-state index is -3.50. The first-order chi connectivity index (χ1) is 11.5. The van der Waals surface area contributed by atoms with E-state index in [0.717, 1.165) is 23.4 Å². The summed E-state index contributed by atoms with van der Waals surface area (Å²) < 4.78 is 32.8. The molecule has 1 aliphatic rings. The van der Waals surface area contributed by atoms with Crippen LogP contribution < -0.4 is 4.74 Å². The van der Waals surface area contributed by atoms with Gasteiger partial charge in [0.05, 0.1) is 17.2 Å². The first-order valence-corrected chi connectivity index (χ1v) is 9.46. The summed E-state index contributed by atoms with van der Waals surface area (Å²) in [6.07, 6.45) is 5.73. The number of aryl methyl sites for hydroxylation is 1. The highest BCUT2D eigenvalue weighted by Crippen LogP contribution is 2.31. The predicted molar refractivity (Wildman–Crippen MR) is 90.5 cm³/mol. The number of rotatable bonds is 5. The fraction of sp³-hybridized carbons (Fsp3) is 0.412. The summed E-state index contributed by atoms with van der Waals surface area (Å²) in [5, 5.41) is 0. The third-order valence-electron chi connectivity index (χ3n) is 4.24. The van der Waals surface area contributed by atoms with E-state index in [0.29, 0.717) is 24.6 Å². The zero-order valence-corrected chi connectivity index (χ0v) is 14.7. The van der Waals surface area contributed by atoms with Gasteiger partial charge in [-0.15, -0.1) is 0 Å². The van der Waals surface area contributed by atoms with Crippen LogP contribution in [-0.2, 0) is 10.0 Å². The summed E-state index contributed by atoms with van der Waals surface area (Å²) >= 11 is 0. The minimum Gasteiger partial charge on any atom is -0.494 e. The van der Waals surface area contributed by atoms with Gasteiger partial charge in [-0.2, -0.15) is 4.31 Å². The van der Waals surface area contributed by atoms with Crippen LogP contribution in [0.1, 0.15) is 30.5 Å². The first-order valence-electron chi connectivity index (χ1n) is 8.02. The lowest BCUT2D eigenvalue weighted by Gasteiger charge is -2.17. The molecule has 1 atom stereocenters. The van der Waals surface area contributed by atoms with Gasteiger partial charge < -0.3 is 4.74 Å². The third kappa shape index (κ3) is 3.27. The van der Waals surface area contributed by atoms with Gasteiger partial charge >= 0.3 is 0 Å². The second kappa shape index (κ2) is 6.86. The lowest BCUT2D eigenvalue weighted by atomic mass is 10.1. The highest BCUT2D eigenvalue weighted by atomic mass is 32.2. The van der Waals surface area contributed by atoms with Gasteiger partial charge in [-0.25, -0.2) is 8.42 Å². The molecule has 2 aromatic rings. The molecule has 7 heteroatoms. The maximum atomic E-state index is 12.9. The van der Waals surface area contributed by atoms with Crippen molar-refractivity contribution in [1.82, 2.24) is 14.3 Å². The number of ether oxygens (including phenoxy) is 1. The first kappa shape index (κ1) is 16.9. The monoisotopic (exact) mass is 347 g/mol. The molecule has 24 heavy (non-hydrogen) atoms. The van der Waals surface area contributed by atoms with Gasteiger partial charge in [-0.3, -0.25) is 9.97 Å².